The van der Waals surface area contributed by atoms with Gasteiger partial charge in [-0.3, -0.25) is 0 Å². The van der Waals surface area contributed by atoms with E-state index in [2.05, 4.69) is 0 Å². The van der Waals surface area contributed by atoms with Crippen molar-refractivity contribution in [3.05, 3.63) is 47.4 Å². The van der Waals surface area contributed by atoms with Gasteiger partial charge in [-0.25, -0.2) is 13.2 Å². The molecule has 0 atom stereocenters. The molecule has 0 fully saturated rings. The van der Waals surface area contributed by atoms with Gasteiger partial charge < -0.3 is 14.3 Å². The lowest BCUT2D eigenvalue weighted by Crippen LogP contribution is -2.05. The van der Waals surface area contributed by atoms with E-state index in [0.717, 1.165) is 0 Å². The van der Waals surface area contributed by atoms with Gasteiger partial charge >= 0.3 is 5.97 Å². The first-order valence-corrected chi connectivity index (χ1v) is 7.68. The maximum absolute atomic E-state index is 12.3. The summed E-state index contributed by atoms with van der Waals surface area (Å²) in [5.74, 6) is -0.980. The van der Waals surface area contributed by atoms with E-state index in [1.165, 1.54) is 32.2 Å². The van der Waals surface area contributed by atoms with Gasteiger partial charge in [-0.1, -0.05) is 0 Å². The number of aromatic carboxylic acids is 1. The lowest BCUT2D eigenvalue weighted by Gasteiger charge is -2.05. The molecule has 112 valence electrons. The predicted molar refractivity (Wildman–Crippen MR) is 74.3 cm³/mol. The fourth-order valence-electron chi connectivity index (χ4n) is 1.84. The number of furan rings is 1. The Morgan fingerprint density at radius 1 is 1.29 bits per heavy atom. The summed E-state index contributed by atoms with van der Waals surface area (Å²) in [6.45, 7) is 1.53. The van der Waals surface area contributed by atoms with Crippen LogP contribution in [0.5, 0.6) is 5.75 Å². The molecule has 0 saturated carbocycles. The molecule has 0 aliphatic carbocycles. The van der Waals surface area contributed by atoms with Crippen LogP contribution in [-0.4, -0.2) is 26.6 Å². The number of carboxylic acid groups (broad SMARTS) is 1. The van der Waals surface area contributed by atoms with Crippen molar-refractivity contribution in [2.24, 2.45) is 0 Å². The molecule has 0 aliphatic rings. The first-order valence-electron chi connectivity index (χ1n) is 6.03. The van der Waals surface area contributed by atoms with E-state index in [9.17, 15) is 13.2 Å². The van der Waals surface area contributed by atoms with Crippen molar-refractivity contribution < 1.29 is 27.5 Å². The molecule has 0 saturated heterocycles. The Morgan fingerprint density at radius 2 is 1.90 bits per heavy atom. The van der Waals surface area contributed by atoms with Gasteiger partial charge in [0.2, 0.25) is 5.76 Å². The molecule has 0 spiro atoms. The molecule has 0 aliphatic heterocycles. The van der Waals surface area contributed by atoms with Crippen LogP contribution in [0.2, 0.25) is 0 Å². The number of carboxylic acids is 1. The summed E-state index contributed by atoms with van der Waals surface area (Å²) in [5, 5.41) is 8.84. The highest BCUT2D eigenvalue weighted by Crippen LogP contribution is 2.23. The molecular formula is C14H14O6S. The highest BCUT2D eigenvalue weighted by Gasteiger charge is 2.21. The Labute approximate surface area is 121 Å². The van der Waals surface area contributed by atoms with Crippen molar-refractivity contribution in [1.29, 1.82) is 0 Å². The number of hydrogen-bond donors (Lipinski definition) is 1. The summed E-state index contributed by atoms with van der Waals surface area (Å²) < 4.78 is 34.6. The summed E-state index contributed by atoms with van der Waals surface area (Å²) >= 11 is 0. The zero-order chi connectivity index (χ0) is 15.6. The van der Waals surface area contributed by atoms with Gasteiger partial charge in [-0.15, -0.1) is 0 Å². The number of methoxy groups -OCH3 is 1. The van der Waals surface area contributed by atoms with E-state index in [1.54, 1.807) is 12.1 Å². The van der Waals surface area contributed by atoms with Crippen molar-refractivity contribution in [1.82, 2.24) is 0 Å². The van der Waals surface area contributed by atoms with E-state index in [0.29, 0.717) is 11.3 Å². The molecule has 0 radical (unpaired) electrons. The monoisotopic (exact) mass is 310 g/mol. The van der Waals surface area contributed by atoms with Crippen LogP contribution in [0.4, 0.5) is 0 Å². The predicted octanol–water partition coefficient (Wildman–Crippen LogP) is 2.27. The molecule has 7 heteroatoms. The molecule has 2 aromatic rings. The second kappa shape index (κ2) is 5.61. The Kier molecular flexibility index (Phi) is 4.04. The van der Waals surface area contributed by atoms with Crippen LogP contribution >= 0.6 is 0 Å². The third-order valence-electron chi connectivity index (χ3n) is 3.00. The third-order valence-corrected chi connectivity index (χ3v) is 4.68. The van der Waals surface area contributed by atoms with Gasteiger partial charge in [0.1, 0.15) is 11.5 Å². The van der Waals surface area contributed by atoms with Crippen LogP contribution < -0.4 is 4.74 Å². The number of carbonyl (C=O) groups is 1. The normalized spacial score (nSPS) is 11.3. The Bertz CT molecular complexity index is 755. The lowest BCUT2D eigenvalue weighted by atomic mass is 10.3. The van der Waals surface area contributed by atoms with E-state index < -0.39 is 15.8 Å². The van der Waals surface area contributed by atoms with E-state index in [1.807, 2.05) is 0 Å². The fraction of sp³-hybridized carbons (Fsp3) is 0.214. The molecule has 2 rings (SSSR count). The molecule has 21 heavy (non-hydrogen) atoms. The minimum atomic E-state index is -3.58. The Balaban J connectivity index is 2.30. The zero-order valence-corrected chi connectivity index (χ0v) is 12.3. The van der Waals surface area contributed by atoms with Gasteiger partial charge in [-0.2, -0.15) is 0 Å². The molecule has 1 N–H and O–H groups in total. The van der Waals surface area contributed by atoms with E-state index >= 15 is 0 Å². The third kappa shape index (κ3) is 3.25. The van der Waals surface area contributed by atoms with Crippen molar-refractivity contribution in [2.75, 3.05) is 7.11 Å². The summed E-state index contributed by atoms with van der Waals surface area (Å²) in [4.78, 5) is 11.0. The highest BCUT2D eigenvalue weighted by atomic mass is 32.2. The molecule has 6 nitrogen and oxygen atoms in total. The molecule has 1 heterocycles. The van der Waals surface area contributed by atoms with Crippen LogP contribution in [-0.2, 0) is 15.6 Å². The fourth-order valence-corrected chi connectivity index (χ4v) is 3.25. The number of aryl methyl sites for hydroxylation is 1. The first-order chi connectivity index (χ1) is 9.83. The minimum absolute atomic E-state index is 0.140. The number of ether oxygens (including phenoxy) is 1. The maximum Gasteiger partial charge on any atom is 0.371 e. The van der Waals surface area contributed by atoms with Gasteiger partial charge in [0.05, 0.1) is 17.8 Å². The SMILES string of the molecule is COc1ccc(S(=O)(=O)Cc2cc(C(=O)O)oc2C)cc1. The van der Waals surface area contributed by atoms with Crippen LogP contribution in [0, 0.1) is 6.92 Å². The van der Waals surface area contributed by atoms with Gasteiger partial charge in [0, 0.05) is 5.56 Å². The van der Waals surface area contributed by atoms with Crippen molar-refractivity contribution in [3.8, 4) is 5.75 Å². The summed E-state index contributed by atoms with van der Waals surface area (Å²) in [5.41, 5.74) is 0.336. The van der Waals surface area contributed by atoms with E-state index in [-0.39, 0.29) is 22.2 Å². The number of rotatable bonds is 5. The molecule has 1 aromatic carbocycles. The van der Waals surface area contributed by atoms with Crippen LogP contribution in [0.1, 0.15) is 21.9 Å². The quantitative estimate of drug-likeness (QED) is 0.910. The molecular weight excluding hydrogens is 296 g/mol. The van der Waals surface area contributed by atoms with E-state index in [4.69, 9.17) is 14.3 Å². The van der Waals surface area contributed by atoms with Gasteiger partial charge in [-0.05, 0) is 37.3 Å². The molecule has 0 amide bonds. The molecule has 0 unspecified atom stereocenters. The minimum Gasteiger partial charge on any atom is -0.497 e. The topological polar surface area (TPSA) is 93.8 Å². The molecule has 1 aromatic heterocycles. The average Bonchev–Trinajstić information content (AvgIpc) is 2.80. The highest BCUT2D eigenvalue weighted by molar-refractivity contribution is 7.90. The standard InChI is InChI=1S/C14H14O6S/c1-9-10(7-13(20-9)14(15)16)8-21(17,18)12-5-3-11(19-2)4-6-12/h3-7H,8H2,1-2H3,(H,15,16). The average molecular weight is 310 g/mol. The number of benzene rings is 1. The summed E-state index contributed by atoms with van der Waals surface area (Å²) in [6.07, 6.45) is 0. The Morgan fingerprint density at radius 3 is 2.38 bits per heavy atom. The number of hydrogen-bond acceptors (Lipinski definition) is 5. The summed E-state index contributed by atoms with van der Waals surface area (Å²) in [7, 11) is -2.09. The van der Waals surface area contributed by atoms with Crippen LogP contribution in [0.25, 0.3) is 0 Å². The largest absolute Gasteiger partial charge is 0.497 e. The second-order valence-corrected chi connectivity index (χ2v) is 6.42. The van der Waals surface area contributed by atoms with Crippen molar-refractivity contribution >= 4 is 15.8 Å². The zero-order valence-electron chi connectivity index (χ0n) is 11.5. The lowest BCUT2D eigenvalue weighted by molar-refractivity contribution is 0.0661. The van der Waals surface area contributed by atoms with Crippen LogP contribution in [0.15, 0.2) is 39.6 Å². The Hall–Kier alpha value is -2.28. The van der Waals surface area contributed by atoms with Crippen molar-refractivity contribution in [2.45, 2.75) is 17.6 Å². The van der Waals surface area contributed by atoms with Crippen molar-refractivity contribution in [3.63, 3.8) is 0 Å². The number of sulfone groups is 1. The first kappa shape index (κ1) is 15.1. The maximum atomic E-state index is 12.3. The summed E-state index contributed by atoms with van der Waals surface area (Å²) in [6, 6.07) is 7.23. The van der Waals surface area contributed by atoms with Gasteiger partial charge in [0.25, 0.3) is 0 Å². The van der Waals surface area contributed by atoms with Crippen LogP contribution in [0.3, 0.4) is 0 Å². The molecule has 0 bridgehead atoms. The smallest absolute Gasteiger partial charge is 0.371 e. The second-order valence-electron chi connectivity index (χ2n) is 4.43. The van der Waals surface area contributed by atoms with Gasteiger partial charge in [0.15, 0.2) is 9.84 Å².